The number of hydrogen-bond donors (Lipinski definition) is 4. The van der Waals surface area contributed by atoms with Gasteiger partial charge in [-0.3, -0.25) is 0 Å². The van der Waals surface area contributed by atoms with Gasteiger partial charge in [0.1, 0.15) is 0 Å². The summed E-state index contributed by atoms with van der Waals surface area (Å²) in [6.07, 6.45) is 0. The third-order valence-corrected chi connectivity index (χ3v) is 0. The minimum Gasteiger partial charge on any atom is 0 e. The first-order chi connectivity index (χ1) is 3.00. The molecule has 0 atom stereocenters. The second kappa shape index (κ2) is 12.3. The zero-order valence-corrected chi connectivity index (χ0v) is 5.76. The summed E-state index contributed by atoms with van der Waals surface area (Å²) in [5.74, 6) is 0. The van der Waals surface area contributed by atoms with E-state index in [2.05, 4.69) is 0 Å². The quantitative estimate of drug-likeness (QED) is 0.281. The second-order valence-electron chi connectivity index (χ2n) is 0.513. The van der Waals surface area contributed by atoms with Crippen LogP contribution in [0.2, 0.25) is 0 Å². The van der Waals surface area contributed by atoms with Gasteiger partial charge >= 0.3 is 37.4 Å². The van der Waals surface area contributed by atoms with Gasteiger partial charge in [0.2, 0.25) is 0 Å². The van der Waals surface area contributed by atoms with Gasteiger partial charge in [-0.15, -0.1) is 0 Å². The molecule has 53 valence electrons. The molecule has 0 saturated heterocycles. The van der Waals surface area contributed by atoms with Gasteiger partial charge in [-0.2, -0.15) is 0 Å². The van der Waals surface area contributed by atoms with E-state index >= 15 is 0 Å². The van der Waals surface area contributed by atoms with Crippen molar-refractivity contribution < 1.29 is 47.6 Å². The molecule has 5 nitrogen and oxygen atoms in total. The molecule has 0 heterocycles. The van der Waals surface area contributed by atoms with Crippen LogP contribution in [0.5, 0.6) is 0 Å². The Bertz CT molecular complexity index is 63.1. The maximum atomic E-state index is 8.88. The van der Waals surface area contributed by atoms with Gasteiger partial charge in [-0.1, -0.05) is 4.53 Å². The standard InChI is InChI=1S/FHO.Na.H3O4P.V.H/c1-2;;1-5(2,3)4;;/h2H;;(H3,1,2,3,4);;. The van der Waals surface area contributed by atoms with Crippen LogP contribution >= 0.6 is 7.82 Å². The van der Waals surface area contributed by atoms with Crippen molar-refractivity contribution in [3.63, 3.8) is 0 Å². The van der Waals surface area contributed by atoms with Gasteiger partial charge in [0.05, 0.1) is 0 Å². The zero-order chi connectivity index (χ0) is 6.50. The minimum absolute atomic E-state index is 0. The number of rotatable bonds is 0. The molecule has 0 aliphatic rings. The van der Waals surface area contributed by atoms with Gasteiger partial charge in [-0.25, -0.2) is 9.88 Å². The smallest absolute Gasteiger partial charge is 0 e. The fraction of sp³-hybridized carbons (Fsp3) is 0. The Morgan fingerprint density at radius 1 is 1.11 bits per heavy atom. The SMILES string of the molecule is O=P(O)(O)O.OF.[NaH].[V]. The van der Waals surface area contributed by atoms with Crippen LogP contribution in [0.1, 0.15) is 0 Å². The fourth-order valence-electron chi connectivity index (χ4n) is 0. The van der Waals surface area contributed by atoms with Crippen LogP contribution in [0, 0.1) is 0 Å². The molecule has 4 N–H and O–H groups in total. The van der Waals surface area contributed by atoms with E-state index in [0.29, 0.717) is 0 Å². The Morgan fingerprint density at radius 2 is 1.11 bits per heavy atom. The Labute approximate surface area is 84.6 Å². The van der Waals surface area contributed by atoms with E-state index in [0.717, 1.165) is 0 Å². The van der Waals surface area contributed by atoms with Crippen LogP contribution in [0.25, 0.3) is 0 Å². The summed E-state index contributed by atoms with van der Waals surface area (Å²) in [6, 6.07) is 0. The monoisotopic (exact) mass is 209 g/mol. The summed E-state index contributed by atoms with van der Waals surface area (Å²) in [7, 11) is -4.64. The van der Waals surface area contributed by atoms with E-state index < -0.39 is 7.82 Å². The van der Waals surface area contributed by atoms with E-state index in [9.17, 15) is 0 Å². The Hall–Kier alpha value is 1.58. The number of phosphoric acid groups is 1. The van der Waals surface area contributed by atoms with Gasteiger partial charge in [0.25, 0.3) is 0 Å². The number of hydrogen-bond acceptors (Lipinski definition) is 2. The van der Waals surface area contributed by atoms with Crippen molar-refractivity contribution in [2.75, 3.05) is 0 Å². The van der Waals surface area contributed by atoms with Gasteiger partial charge < -0.3 is 14.7 Å². The second-order valence-corrected chi connectivity index (χ2v) is 1.54. The summed E-state index contributed by atoms with van der Waals surface area (Å²) < 4.78 is 17.4. The van der Waals surface area contributed by atoms with Gasteiger partial charge in [0.15, 0.2) is 0 Å². The van der Waals surface area contributed by atoms with Crippen molar-refractivity contribution in [1.29, 1.82) is 0 Å². The van der Waals surface area contributed by atoms with Crippen LogP contribution < -0.4 is 0 Å². The summed E-state index contributed by atoms with van der Waals surface area (Å²) in [4.78, 5) is 21.6. The third-order valence-electron chi connectivity index (χ3n) is 0. The van der Waals surface area contributed by atoms with Crippen LogP contribution in [0.4, 0.5) is 4.53 Å². The molecule has 0 spiro atoms. The molecule has 0 aromatic rings. The Morgan fingerprint density at radius 3 is 1.11 bits per heavy atom. The average Bonchev–Trinajstić information content (AvgIpc) is 1.36. The van der Waals surface area contributed by atoms with Crippen molar-refractivity contribution in [2.24, 2.45) is 0 Å². The fourth-order valence-corrected chi connectivity index (χ4v) is 0. The first-order valence-corrected chi connectivity index (χ1v) is 2.52. The molecule has 9 heavy (non-hydrogen) atoms. The van der Waals surface area contributed by atoms with Crippen LogP contribution in [0.3, 0.4) is 0 Å². The summed E-state index contributed by atoms with van der Waals surface area (Å²) in [5.41, 5.74) is 0. The molecule has 0 fully saturated rings. The molecule has 0 amide bonds. The molecule has 1 radical (unpaired) electrons. The maximum Gasteiger partial charge on any atom is 0 e. The minimum atomic E-state index is -4.64. The molecule has 0 saturated carbocycles. The molecule has 0 bridgehead atoms. The van der Waals surface area contributed by atoms with E-state index in [1.807, 2.05) is 0 Å². The van der Waals surface area contributed by atoms with E-state index in [-0.39, 0.29) is 48.1 Å². The van der Waals surface area contributed by atoms with Crippen LogP contribution in [-0.2, 0) is 23.1 Å². The Kier molecular flexibility index (Phi) is 30.6. The average molecular weight is 209 g/mol. The topological polar surface area (TPSA) is 98.0 Å². The summed E-state index contributed by atoms with van der Waals surface area (Å²) >= 11 is 0. The first-order valence-electron chi connectivity index (χ1n) is 0.952. The maximum absolute atomic E-state index is 8.88. The molecular weight excluding hydrogens is 204 g/mol. The predicted octanol–water partition coefficient (Wildman–Crippen LogP) is -1.72. The van der Waals surface area contributed by atoms with E-state index in [4.69, 9.17) is 29.1 Å². The predicted molar refractivity (Wildman–Crippen MR) is 24.7 cm³/mol. The van der Waals surface area contributed by atoms with Crippen molar-refractivity contribution >= 4 is 37.4 Å². The summed E-state index contributed by atoms with van der Waals surface area (Å²) in [5, 5.41) is 5.50. The van der Waals surface area contributed by atoms with Crippen molar-refractivity contribution in [1.82, 2.24) is 0 Å². The van der Waals surface area contributed by atoms with Crippen molar-refractivity contribution in [3.8, 4) is 0 Å². The van der Waals surface area contributed by atoms with Crippen molar-refractivity contribution in [2.45, 2.75) is 0 Å². The molecule has 0 unspecified atom stereocenters. The summed E-state index contributed by atoms with van der Waals surface area (Å²) in [6.45, 7) is 0. The largest absolute Gasteiger partial charge is 0 e. The normalized spacial score (nSPS) is 7.22. The van der Waals surface area contributed by atoms with Crippen LogP contribution in [-0.4, -0.2) is 49.5 Å². The third kappa shape index (κ3) is 220. The number of halogens is 1. The Balaban J connectivity index is -0.0000000286. The van der Waals surface area contributed by atoms with Crippen LogP contribution in [0.15, 0.2) is 0 Å². The molecule has 0 aliphatic carbocycles. The molecule has 0 aliphatic heterocycles. The van der Waals surface area contributed by atoms with E-state index in [1.165, 1.54) is 0 Å². The molecule has 0 rings (SSSR count). The zero-order valence-electron chi connectivity index (χ0n) is 3.47. The molecule has 9 heteroatoms. The van der Waals surface area contributed by atoms with Gasteiger partial charge in [0, 0.05) is 18.6 Å². The first kappa shape index (κ1) is 22.4. The molecule has 0 aromatic heterocycles. The van der Waals surface area contributed by atoms with Gasteiger partial charge in [-0.05, 0) is 0 Å². The van der Waals surface area contributed by atoms with Crippen molar-refractivity contribution in [3.05, 3.63) is 0 Å². The van der Waals surface area contributed by atoms with E-state index in [1.54, 1.807) is 0 Å². The molecular formula is H5FNaO5PV. The molecule has 0 aromatic carbocycles.